The number of carbonyl (C=O) groups is 1. The molecule has 8 nitrogen and oxygen atoms in total. The van der Waals surface area contributed by atoms with Crippen LogP contribution in [0.25, 0.3) is 0 Å². The second-order valence-electron chi connectivity index (χ2n) is 3.25. The molecule has 1 aromatic carbocycles. The fraction of sp³-hybridized carbons (Fsp3) is 0.222. The summed E-state index contributed by atoms with van der Waals surface area (Å²) in [6.07, 6.45) is 0. The molecule has 104 valence electrons. The number of carboxylic acid groups (broad SMARTS) is 1. The lowest BCUT2D eigenvalue weighted by Gasteiger charge is -2.09. The monoisotopic (exact) mass is 309 g/mol. The summed E-state index contributed by atoms with van der Waals surface area (Å²) in [5.74, 6) is -2.07. The zero-order valence-electron chi connectivity index (χ0n) is 9.49. The molecule has 0 heterocycles. The molecule has 0 aromatic heterocycles. The number of aromatic carboxylic acids is 1. The van der Waals surface area contributed by atoms with Crippen LogP contribution in [-0.4, -0.2) is 31.0 Å². The molecule has 0 bridgehead atoms. The van der Waals surface area contributed by atoms with Crippen LogP contribution >= 0.6 is 10.7 Å². The minimum atomic E-state index is -4.30. The van der Waals surface area contributed by atoms with Crippen molar-refractivity contribution in [3.05, 3.63) is 27.8 Å². The molecule has 0 amide bonds. The first-order valence-electron chi connectivity index (χ1n) is 4.81. The number of nitro groups is 1. The molecule has 0 aliphatic rings. The number of carboxylic acids is 1. The Bertz CT molecular complexity index is 605. The van der Waals surface area contributed by atoms with Crippen LogP contribution in [-0.2, 0) is 9.05 Å². The Hall–Kier alpha value is -1.87. The Morgan fingerprint density at radius 1 is 1.53 bits per heavy atom. The molecule has 0 radical (unpaired) electrons. The first-order chi connectivity index (χ1) is 8.68. The van der Waals surface area contributed by atoms with Gasteiger partial charge < -0.3 is 9.84 Å². The van der Waals surface area contributed by atoms with Crippen LogP contribution in [0.2, 0.25) is 0 Å². The van der Waals surface area contributed by atoms with Crippen LogP contribution in [0.4, 0.5) is 5.69 Å². The first kappa shape index (κ1) is 15.2. The van der Waals surface area contributed by atoms with Crippen molar-refractivity contribution in [2.75, 3.05) is 6.61 Å². The summed E-state index contributed by atoms with van der Waals surface area (Å²) in [5, 5.41) is 19.8. The van der Waals surface area contributed by atoms with E-state index in [1.807, 2.05) is 0 Å². The Balaban J connectivity index is 3.72. The summed E-state index contributed by atoms with van der Waals surface area (Å²) in [6, 6.07) is 1.36. The van der Waals surface area contributed by atoms with Crippen molar-refractivity contribution < 1.29 is 28.0 Å². The van der Waals surface area contributed by atoms with Crippen LogP contribution in [0.1, 0.15) is 17.3 Å². The Kier molecular flexibility index (Phi) is 4.32. The summed E-state index contributed by atoms with van der Waals surface area (Å²) in [7, 11) is 0.759. The molecule has 0 aliphatic carbocycles. The zero-order chi connectivity index (χ0) is 14.8. The maximum atomic E-state index is 11.2. The zero-order valence-corrected chi connectivity index (χ0v) is 11.1. The second-order valence-corrected chi connectivity index (χ2v) is 5.82. The van der Waals surface area contributed by atoms with Gasteiger partial charge in [-0.15, -0.1) is 0 Å². The number of rotatable bonds is 5. The number of ether oxygens (including phenoxy) is 1. The van der Waals surface area contributed by atoms with Crippen molar-refractivity contribution >= 4 is 31.4 Å². The standard InChI is InChI=1S/C9H8ClNO7S/c1-2-18-8-6(9(12)13)3-5(19(10,16)17)4-7(8)11(14)15/h3-4H,2H2,1H3,(H,12,13). The Morgan fingerprint density at radius 2 is 2.11 bits per heavy atom. The summed E-state index contributed by atoms with van der Waals surface area (Å²) in [5.41, 5.74) is -1.42. The quantitative estimate of drug-likeness (QED) is 0.497. The Morgan fingerprint density at radius 3 is 2.47 bits per heavy atom. The predicted octanol–water partition coefficient (Wildman–Crippen LogP) is 1.62. The second kappa shape index (κ2) is 5.41. The highest BCUT2D eigenvalue weighted by Crippen LogP contribution is 2.35. The van der Waals surface area contributed by atoms with E-state index in [1.54, 1.807) is 0 Å². The van der Waals surface area contributed by atoms with Crippen molar-refractivity contribution in [3.63, 3.8) is 0 Å². The minimum Gasteiger partial charge on any atom is -0.487 e. The maximum Gasteiger partial charge on any atom is 0.339 e. The fourth-order valence-corrected chi connectivity index (χ4v) is 2.10. The molecule has 0 saturated carbocycles. The van der Waals surface area contributed by atoms with Gasteiger partial charge in [-0.3, -0.25) is 10.1 Å². The average Bonchev–Trinajstić information content (AvgIpc) is 2.27. The van der Waals surface area contributed by atoms with Gasteiger partial charge in [-0.2, -0.15) is 0 Å². The third-order valence-electron chi connectivity index (χ3n) is 2.04. The summed E-state index contributed by atoms with van der Waals surface area (Å²) in [6.45, 7) is 1.48. The van der Waals surface area contributed by atoms with Crippen LogP contribution in [0, 0.1) is 10.1 Å². The average molecular weight is 310 g/mol. The highest BCUT2D eigenvalue weighted by atomic mass is 35.7. The number of benzene rings is 1. The van der Waals surface area contributed by atoms with E-state index >= 15 is 0 Å². The number of halogens is 1. The summed E-state index contributed by atoms with van der Waals surface area (Å²) in [4.78, 5) is 20.2. The number of hydrogen-bond donors (Lipinski definition) is 1. The van der Waals surface area contributed by atoms with Crippen LogP contribution in [0.3, 0.4) is 0 Å². The third-order valence-corrected chi connectivity index (χ3v) is 3.37. The molecule has 0 atom stereocenters. The molecule has 1 rings (SSSR count). The van der Waals surface area contributed by atoms with Gasteiger partial charge in [0.25, 0.3) is 9.05 Å². The smallest absolute Gasteiger partial charge is 0.339 e. The van der Waals surface area contributed by atoms with Crippen molar-refractivity contribution in [3.8, 4) is 5.75 Å². The molecule has 0 fully saturated rings. The molecule has 0 aliphatic heterocycles. The minimum absolute atomic E-state index is 0.0198. The molecule has 10 heteroatoms. The lowest BCUT2D eigenvalue weighted by molar-refractivity contribution is -0.386. The molecule has 0 saturated heterocycles. The van der Waals surface area contributed by atoms with Crippen LogP contribution in [0.5, 0.6) is 5.75 Å². The van der Waals surface area contributed by atoms with Gasteiger partial charge in [0.2, 0.25) is 5.75 Å². The summed E-state index contributed by atoms with van der Waals surface area (Å²) >= 11 is 0. The lowest BCUT2D eigenvalue weighted by atomic mass is 10.1. The number of nitrogens with zero attached hydrogens (tertiary/aromatic N) is 1. The molecule has 0 spiro atoms. The van der Waals surface area contributed by atoms with E-state index in [4.69, 9.17) is 20.5 Å². The van der Waals surface area contributed by atoms with Gasteiger partial charge in [0, 0.05) is 16.7 Å². The van der Waals surface area contributed by atoms with Gasteiger partial charge in [-0.1, -0.05) is 0 Å². The van der Waals surface area contributed by atoms with Gasteiger partial charge in [0.05, 0.1) is 16.4 Å². The normalized spacial score (nSPS) is 11.1. The summed E-state index contributed by atoms with van der Waals surface area (Å²) < 4.78 is 27.2. The largest absolute Gasteiger partial charge is 0.487 e. The van der Waals surface area contributed by atoms with E-state index in [2.05, 4.69) is 0 Å². The first-order valence-corrected chi connectivity index (χ1v) is 7.12. The van der Waals surface area contributed by atoms with Gasteiger partial charge >= 0.3 is 11.7 Å². The van der Waals surface area contributed by atoms with Crippen LogP contribution in [0.15, 0.2) is 17.0 Å². The van der Waals surface area contributed by atoms with Gasteiger partial charge in [-0.25, -0.2) is 13.2 Å². The van der Waals surface area contributed by atoms with Crippen molar-refractivity contribution in [2.45, 2.75) is 11.8 Å². The molecule has 19 heavy (non-hydrogen) atoms. The lowest BCUT2D eigenvalue weighted by Crippen LogP contribution is -2.08. The molecular weight excluding hydrogens is 302 g/mol. The number of hydrogen-bond acceptors (Lipinski definition) is 6. The third kappa shape index (κ3) is 3.32. The molecule has 1 aromatic rings. The van der Waals surface area contributed by atoms with E-state index in [9.17, 15) is 23.3 Å². The SMILES string of the molecule is CCOc1c(C(=O)O)cc(S(=O)(=O)Cl)cc1[N+](=O)[O-]. The van der Waals surface area contributed by atoms with Gasteiger partial charge in [0.1, 0.15) is 5.56 Å². The highest BCUT2D eigenvalue weighted by molar-refractivity contribution is 8.13. The number of nitro benzene ring substituents is 1. The van der Waals surface area contributed by atoms with Gasteiger partial charge in [0.15, 0.2) is 0 Å². The van der Waals surface area contributed by atoms with E-state index in [-0.39, 0.29) is 6.61 Å². The molecule has 0 unspecified atom stereocenters. The van der Waals surface area contributed by atoms with Crippen molar-refractivity contribution in [1.82, 2.24) is 0 Å². The molecular formula is C9H8ClNO7S. The topological polar surface area (TPSA) is 124 Å². The van der Waals surface area contributed by atoms with Crippen molar-refractivity contribution in [1.29, 1.82) is 0 Å². The van der Waals surface area contributed by atoms with Gasteiger partial charge in [-0.05, 0) is 13.0 Å². The fourth-order valence-electron chi connectivity index (χ4n) is 1.32. The predicted molar refractivity (Wildman–Crippen MR) is 64.3 cm³/mol. The van der Waals surface area contributed by atoms with Crippen molar-refractivity contribution in [2.24, 2.45) is 0 Å². The molecule has 1 N–H and O–H groups in total. The van der Waals surface area contributed by atoms with E-state index < -0.39 is 41.8 Å². The highest BCUT2D eigenvalue weighted by Gasteiger charge is 2.28. The van der Waals surface area contributed by atoms with Crippen LogP contribution < -0.4 is 4.74 Å². The Labute approximate surface area is 112 Å². The maximum absolute atomic E-state index is 11.2. The van der Waals surface area contributed by atoms with E-state index in [0.717, 1.165) is 0 Å². The van der Waals surface area contributed by atoms with E-state index in [1.165, 1.54) is 6.92 Å². The van der Waals surface area contributed by atoms with E-state index in [0.29, 0.717) is 12.1 Å².